The van der Waals surface area contributed by atoms with E-state index in [-0.39, 0.29) is 17.8 Å². The molecule has 1 amide bonds. The van der Waals surface area contributed by atoms with Crippen molar-refractivity contribution >= 4 is 22.6 Å². The Morgan fingerprint density at radius 1 is 1.20 bits per heavy atom. The summed E-state index contributed by atoms with van der Waals surface area (Å²) in [5.74, 6) is 0.870. The van der Waals surface area contributed by atoms with E-state index in [1.54, 1.807) is 12.1 Å². The zero-order valence-corrected chi connectivity index (χ0v) is 17.7. The molecule has 1 aliphatic rings. The number of halogens is 1. The van der Waals surface area contributed by atoms with Crippen molar-refractivity contribution in [3.05, 3.63) is 65.2 Å². The number of carbonyl (C=O) groups is 1. The van der Waals surface area contributed by atoms with Gasteiger partial charge in [-0.05, 0) is 68.7 Å². The van der Waals surface area contributed by atoms with E-state index in [0.29, 0.717) is 6.54 Å². The summed E-state index contributed by atoms with van der Waals surface area (Å²) in [5, 5.41) is 4.54. The highest BCUT2D eigenvalue weighted by molar-refractivity contribution is 5.98. The Bertz CT molecular complexity index is 1030. The minimum absolute atomic E-state index is 0.0830. The highest BCUT2D eigenvalue weighted by atomic mass is 19.1. The van der Waals surface area contributed by atoms with Gasteiger partial charge in [-0.2, -0.15) is 0 Å². The second kappa shape index (κ2) is 8.90. The van der Waals surface area contributed by atoms with Crippen molar-refractivity contribution in [3.8, 4) is 0 Å². The van der Waals surface area contributed by atoms with Crippen molar-refractivity contribution < 1.29 is 13.6 Å². The maximum atomic E-state index is 13.2. The molecule has 30 heavy (non-hydrogen) atoms. The number of nitrogens with zero attached hydrogens (tertiary/aromatic N) is 1. The number of anilines is 1. The van der Waals surface area contributed by atoms with Crippen molar-refractivity contribution in [2.45, 2.75) is 52.0 Å². The molecule has 1 heterocycles. The van der Waals surface area contributed by atoms with Gasteiger partial charge in [-0.15, -0.1) is 0 Å². The fourth-order valence-electron chi connectivity index (χ4n) is 4.25. The minimum atomic E-state index is -0.232. The predicted molar refractivity (Wildman–Crippen MR) is 119 cm³/mol. The molecule has 1 N–H and O–H groups in total. The van der Waals surface area contributed by atoms with Crippen LogP contribution in [0.25, 0.3) is 11.0 Å². The second-order valence-electron chi connectivity index (χ2n) is 8.04. The molecular weight excluding hydrogens is 379 g/mol. The Hall–Kier alpha value is -2.82. The Morgan fingerprint density at radius 3 is 2.73 bits per heavy atom. The SMILES string of the molecule is CCCCN(CC)C(=O)c1ccc2oc3c(c2c1)CC(Nc1ccc(F)cc1)CC3. The number of carbonyl (C=O) groups excluding carboxylic acids is 1. The van der Waals surface area contributed by atoms with Crippen molar-refractivity contribution in [1.29, 1.82) is 0 Å². The molecule has 1 atom stereocenters. The number of aryl methyl sites for hydroxylation is 1. The lowest BCUT2D eigenvalue weighted by atomic mass is 9.91. The number of unbranched alkanes of at least 4 members (excludes halogenated alkanes) is 1. The molecule has 1 aromatic heterocycles. The van der Waals surface area contributed by atoms with Crippen LogP contribution >= 0.6 is 0 Å². The van der Waals surface area contributed by atoms with Crippen LogP contribution in [0.4, 0.5) is 10.1 Å². The van der Waals surface area contributed by atoms with Crippen LogP contribution in [0.3, 0.4) is 0 Å². The third kappa shape index (κ3) is 4.20. The Morgan fingerprint density at radius 2 is 2.00 bits per heavy atom. The molecule has 5 heteroatoms. The average molecular weight is 409 g/mol. The lowest BCUT2D eigenvalue weighted by Gasteiger charge is -2.24. The van der Waals surface area contributed by atoms with Crippen molar-refractivity contribution in [2.24, 2.45) is 0 Å². The van der Waals surface area contributed by atoms with Gasteiger partial charge in [-0.3, -0.25) is 4.79 Å². The second-order valence-corrected chi connectivity index (χ2v) is 8.04. The molecule has 0 saturated carbocycles. The Kier molecular flexibility index (Phi) is 6.07. The Labute approximate surface area is 177 Å². The standard InChI is InChI=1S/C25H29FN2O2/c1-3-5-14-28(4-2)25(29)17-6-12-23-21(15-17)22-16-20(11-13-24(22)30-23)27-19-9-7-18(26)8-10-19/h6-10,12,15,20,27H,3-5,11,13-14,16H2,1-2H3. The van der Waals surface area contributed by atoms with Gasteiger partial charge < -0.3 is 14.6 Å². The first kappa shape index (κ1) is 20.5. The van der Waals surface area contributed by atoms with E-state index in [1.807, 2.05) is 30.0 Å². The van der Waals surface area contributed by atoms with Gasteiger partial charge >= 0.3 is 0 Å². The number of amides is 1. The van der Waals surface area contributed by atoms with E-state index in [4.69, 9.17) is 4.42 Å². The van der Waals surface area contributed by atoms with Crippen molar-refractivity contribution in [3.63, 3.8) is 0 Å². The third-order valence-electron chi connectivity index (χ3n) is 5.96. The van der Waals surface area contributed by atoms with E-state index < -0.39 is 0 Å². The number of benzene rings is 2. The van der Waals surface area contributed by atoms with Crippen LogP contribution in [-0.4, -0.2) is 29.9 Å². The normalized spacial score (nSPS) is 15.8. The topological polar surface area (TPSA) is 45.5 Å². The molecule has 0 bridgehead atoms. The summed E-state index contributed by atoms with van der Waals surface area (Å²) in [6.07, 6.45) is 4.71. The van der Waals surface area contributed by atoms with Crippen LogP contribution in [0.15, 0.2) is 46.9 Å². The zero-order chi connectivity index (χ0) is 21.1. The summed E-state index contributed by atoms with van der Waals surface area (Å²) in [7, 11) is 0. The number of hydrogen-bond acceptors (Lipinski definition) is 3. The summed E-state index contributed by atoms with van der Waals surface area (Å²) in [5.41, 5.74) is 3.67. The van der Waals surface area contributed by atoms with E-state index >= 15 is 0 Å². The zero-order valence-electron chi connectivity index (χ0n) is 17.7. The van der Waals surface area contributed by atoms with Crippen LogP contribution in [0.5, 0.6) is 0 Å². The van der Waals surface area contributed by atoms with Crippen LogP contribution in [-0.2, 0) is 12.8 Å². The predicted octanol–water partition coefficient (Wildman–Crippen LogP) is 5.80. The summed E-state index contributed by atoms with van der Waals surface area (Å²) in [4.78, 5) is 14.9. The molecule has 158 valence electrons. The van der Waals surface area contributed by atoms with E-state index in [9.17, 15) is 9.18 Å². The number of furan rings is 1. The molecule has 1 aliphatic carbocycles. The largest absolute Gasteiger partial charge is 0.461 e. The number of rotatable bonds is 7. The summed E-state index contributed by atoms with van der Waals surface area (Å²) in [6, 6.07) is 12.5. The van der Waals surface area contributed by atoms with Crippen molar-refractivity contribution in [2.75, 3.05) is 18.4 Å². The van der Waals surface area contributed by atoms with Gasteiger partial charge in [0, 0.05) is 47.8 Å². The maximum Gasteiger partial charge on any atom is 0.253 e. The third-order valence-corrected chi connectivity index (χ3v) is 5.96. The first-order valence-electron chi connectivity index (χ1n) is 10.9. The smallest absolute Gasteiger partial charge is 0.253 e. The molecule has 0 aliphatic heterocycles. The first-order chi connectivity index (χ1) is 14.6. The first-order valence-corrected chi connectivity index (χ1v) is 10.9. The molecule has 1 unspecified atom stereocenters. The molecule has 2 aromatic carbocycles. The van der Waals surface area contributed by atoms with Gasteiger partial charge in [0.05, 0.1) is 0 Å². The molecular formula is C25H29FN2O2. The van der Waals surface area contributed by atoms with Gasteiger partial charge in [-0.25, -0.2) is 4.39 Å². The van der Waals surface area contributed by atoms with E-state index in [1.165, 1.54) is 17.7 Å². The fourth-order valence-corrected chi connectivity index (χ4v) is 4.25. The summed E-state index contributed by atoms with van der Waals surface area (Å²) in [6.45, 7) is 5.66. The molecule has 0 radical (unpaired) electrons. The highest BCUT2D eigenvalue weighted by Crippen LogP contribution is 2.33. The molecule has 0 fully saturated rings. The number of nitrogens with one attached hydrogen (secondary N) is 1. The lowest BCUT2D eigenvalue weighted by Crippen LogP contribution is -2.31. The molecule has 0 saturated heterocycles. The summed E-state index contributed by atoms with van der Waals surface area (Å²) >= 11 is 0. The quantitative estimate of drug-likeness (QED) is 0.537. The molecule has 0 spiro atoms. The number of hydrogen-bond donors (Lipinski definition) is 1. The highest BCUT2D eigenvalue weighted by Gasteiger charge is 2.25. The average Bonchev–Trinajstić information content (AvgIpc) is 3.13. The summed E-state index contributed by atoms with van der Waals surface area (Å²) < 4.78 is 19.3. The van der Waals surface area contributed by atoms with Crippen LogP contribution in [0.1, 0.15) is 54.8 Å². The van der Waals surface area contributed by atoms with Gasteiger partial charge in [0.1, 0.15) is 17.2 Å². The van der Waals surface area contributed by atoms with Crippen LogP contribution < -0.4 is 5.32 Å². The number of fused-ring (bicyclic) bond motifs is 3. The Balaban J connectivity index is 1.57. The van der Waals surface area contributed by atoms with Crippen LogP contribution in [0.2, 0.25) is 0 Å². The van der Waals surface area contributed by atoms with Gasteiger partial charge in [-0.1, -0.05) is 13.3 Å². The molecule has 3 aromatic rings. The molecule has 4 rings (SSSR count). The maximum absolute atomic E-state index is 13.2. The van der Waals surface area contributed by atoms with Gasteiger partial charge in [0.15, 0.2) is 0 Å². The van der Waals surface area contributed by atoms with Gasteiger partial charge in [0.25, 0.3) is 5.91 Å². The minimum Gasteiger partial charge on any atom is -0.461 e. The molecule has 4 nitrogen and oxygen atoms in total. The van der Waals surface area contributed by atoms with Crippen molar-refractivity contribution in [1.82, 2.24) is 4.90 Å². The van der Waals surface area contributed by atoms with E-state index in [2.05, 4.69) is 12.2 Å². The monoisotopic (exact) mass is 408 g/mol. The lowest BCUT2D eigenvalue weighted by molar-refractivity contribution is 0.0762. The van der Waals surface area contributed by atoms with Crippen LogP contribution in [0, 0.1) is 5.82 Å². The van der Waals surface area contributed by atoms with Gasteiger partial charge in [0.2, 0.25) is 0 Å². The fraction of sp³-hybridized carbons (Fsp3) is 0.400. The van der Waals surface area contributed by atoms with E-state index in [0.717, 1.165) is 66.6 Å².